The molecule has 7 aromatic carbocycles. The van der Waals surface area contributed by atoms with E-state index in [0.717, 1.165) is 86.0 Å². The number of hydrogen-bond acceptors (Lipinski definition) is 16. The van der Waals surface area contributed by atoms with Crippen molar-refractivity contribution in [2.24, 2.45) is 5.92 Å². The number of carbonyl (C=O) groups is 6. The first-order valence-corrected chi connectivity index (χ1v) is 41.9. The van der Waals surface area contributed by atoms with E-state index in [0.29, 0.717) is 85.3 Å². The van der Waals surface area contributed by atoms with Crippen LogP contribution in [0.15, 0.2) is 201 Å². The monoisotopic (exact) mass is 1570 g/mol. The van der Waals surface area contributed by atoms with E-state index < -0.39 is 44.0 Å². The Morgan fingerprint density at radius 2 is 1.30 bits per heavy atom. The van der Waals surface area contributed by atoms with Gasteiger partial charge in [0.1, 0.15) is 36.2 Å². The molecule has 1 aliphatic carbocycles. The lowest BCUT2D eigenvalue weighted by molar-refractivity contribution is -0.134. The summed E-state index contributed by atoms with van der Waals surface area (Å²) in [7, 11) is -4.64. The fraction of sp³-hybridized carbons (Fsp3) is 0.368. The third kappa shape index (κ3) is 19.8. The lowest BCUT2D eigenvalue weighted by Crippen LogP contribution is -2.50. The Morgan fingerprint density at radius 1 is 0.628 bits per heavy atom. The van der Waals surface area contributed by atoms with Crippen molar-refractivity contribution in [1.29, 1.82) is 0 Å². The second-order valence-electron chi connectivity index (χ2n) is 29.2. The van der Waals surface area contributed by atoms with E-state index in [9.17, 15) is 50.7 Å². The highest BCUT2D eigenvalue weighted by Gasteiger charge is 2.34. The van der Waals surface area contributed by atoms with Gasteiger partial charge >= 0.3 is 0 Å². The van der Waals surface area contributed by atoms with Gasteiger partial charge in [-0.2, -0.15) is 4.31 Å². The van der Waals surface area contributed by atoms with Crippen LogP contribution in [0.2, 0.25) is 0 Å². The van der Waals surface area contributed by atoms with Gasteiger partial charge in [0.05, 0.1) is 45.6 Å². The first-order chi connectivity index (χ1) is 54.3. The highest BCUT2D eigenvalue weighted by atomic mass is 32.2. The van der Waals surface area contributed by atoms with Crippen LogP contribution in [0, 0.1) is 5.92 Å². The van der Waals surface area contributed by atoms with Gasteiger partial charge < -0.3 is 45.1 Å². The number of fused-ring (bicyclic) bond motifs is 3. The van der Waals surface area contributed by atoms with Gasteiger partial charge in [0.15, 0.2) is 5.78 Å². The van der Waals surface area contributed by atoms with Crippen LogP contribution < -0.4 is 35.7 Å². The number of aromatic nitrogens is 3. The Balaban J connectivity index is 0.654. The molecule has 26 heteroatoms. The summed E-state index contributed by atoms with van der Waals surface area (Å²) in [6, 6.07) is 49.6. The molecule has 0 spiro atoms. The van der Waals surface area contributed by atoms with Crippen LogP contribution in [0.25, 0.3) is 44.2 Å². The maximum atomic E-state index is 14.7. The quantitative estimate of drug-likeness (QED) is 0.0124. The Bertz CT molecular complexity index is 5320. The summed E-state index contributed by atoms with van der Waals surface area (Å²) in [5, 5.41) is 32.0. The molecule has 1 fully saturated rings. The highest BCUT2D eigenvalue weighted by molar-refractivity contribution is 7.91. The first-order valence-electron chi connectivity index (χ1n) is 39.0. The summed E-state index contributed by atoms with van der Waals surface area (Å²) in [6.45, 7) is 18.3. The molecular formula is C87H103N12O12S2+. The molecule has 3 aliphatic rings. The third-order valence-electron chi connectivity index (χ3n) is 20.9. The van der Waals surface area contributed by atoms with E-state index in [1.165, 1.54) is 41.2 Å². The first kappa shape index (κ1) is 83.0. The number of carbonyl (C=O) groups excluding carboxylic acids is 6. The maximum absolute atomic E-state index is 14.7. The molecular weight excluding hydrogens is 1470 g/mol. The van der Waals surface area contributed by atoms with Crippen molar-refractivity contribution < 1.29 is 55.1 Å². The zero-order chi connectivity index (χ0) is 80.7. The molecule has 2 aliphatic heterocycles. The lowest BCUT2D eigenvalue weighted by Gasteiger charge is -2.35. The minimum atomic E-state index is -4.29. The van der Waals surface area contributed by atoms with E-state index in [1.54, 1.807) is 83.5 Å². The molecule has 8 aromatic rings. The number of sulfone groups is 1. The van der Waals surface area contributed by atoms with E-state index in [4.69, 9.17) is 4.42 Å². The molecule has 1 unspecified atom stereocenters. The predicted octanol–water partition coefficient (Wildman–Crippen LogP) is 10.8. The Kier molecular flexibility index (Phi) is 27.6. The number of rotatable bonds is 35. The summed E-state index contributed by atoms with van der Waals surface area (Å²) in [4.78, 5) is 90.0. The molecule has 3 atom stereocenters. The van der Waals surface area contributed by atoms with Crippen molar-refractivity contribution in [3.8, 4) is 22.5 Å². The second kappa shape index (κ2) is 37.6. The van der Waals surface area contributed by atoms with Crippen LogP contribution in [0.1, 0.15) is 131 Å². The minimum absolute atomic E-state index is 0.00245. The molecule has 113 heavy (non-hydrogen) atoms. The topological polar surface area (TPSA) is 290 Å². The SMILES string of the molecule is CCN(CC)c1ccc2c(-c3ccccc3C(=O)N3CCN(C(=O)CCC(=O)NCCCCCC(=O)N[C@@H](Cc4ccc(C(=O)c5ccccc5)cc4)C(=O)NCc4cn([C@@H](C)C(O)CN(CC(C)C)S(=O)(=O)c5ccc(S(=O)(=O)c6cccc7c(N(C)C)cccc67)cc5)nn4)CC3)c3ccc(=[N+](CC)CC)cc-3oc2c1. The van der Waals surface area contributed by atoms with Gasteiger partial charge in [-0.15, -0.1) is 5.10 Å². The summed E-state index contributed by atoms with van der Waals surface area (Å²) < 4.78 is 68.6. The van der Waals surface area contributed by atoms with Crippen molar-refractivity contribution in [2.75, 3.05) is 95.9 Å². The number of hydrogen-bond donors (Lipinski definition) is 4. The van der Waals surface area contributed by atoms with Gasteiger partial charge in [0, 0.05) is 166 Å². The zero-order valence-electron chi connectivity index (χ0n) is 65.8. The van der Waals surface area contributed by atoms with Crippen molar-refractivity contribution >= 4 is 88.3 Å². The average Bonchev–Trinajstić information content (AvgIpc) is 0.872. The number of nitrogens with one attached hydrogen (secondary N) is 3. The van der Waals surface area contributed by atoms with Crippen LogP contribution in [-0.4, -0.2) is 185 Å². The minimum Gasteiger partial charge on any atom is -0.456 e. The van der Waals surface area contributed by atoms with Gasteiger partial charge in [-0.1, -0.05) is 123 Å². The molecule has 1 saturated heterocycles. The maximum Gasteiger partial charge on any atom is 0.254 e. The summed E-state index contributed by atoms with van der Waals surface area (Å²) in [6.07, 6.45) is 1.89. The molecule has 0 saturated carbocycles. The molecule has 3 heterocycles. The smallest absolute Gasteiger partial charge is 0.254 e. The normalized spacial score (nSPS) is 13.5. The van der Waals surface area contributed by atoms with Gasteiger partial charge in [0.25, 0.3) is 5.91 Å². The van der Waals surface area contributed by atoms with Gasteiger partial charge in [-0.25, -0.2) is 26.1 Å². The fourth-order valence-corrected chi connectivity index (χ4v) is 17.6. The second-order valence-corrected chi connectivity index (χ2v) is 33.1. The van der Waals surface area contributed by atoms with E-state index in [1.807, 2.05) is 75.3 Å². The van der Waals surface area contributed by atoms with Crippen molar-refractivity contribution in [1.82, 2.24) is 49.6 Å². The van der Waals surface area contributed by atoms with Gasteiger partial charge in [-0.05, 0) is 125 Å². The van der Waals surface area contributed by atoms with Crippen molar-refractivity contribution in [3.63, 3.8) is 0 Å². The number of nitrogens with zero attached hydrogens (tertiary/aromatic N) is 9. The summed E-state index contributed by atoms with van der Waals surface area (Å²) in [5.41, 5.74) is 7.69. The number of amides is 5. The lowest BCUT2D eigenvalue weighted by atomic mass is 9.90. The average molecular weight is 1570 g/mol. The number of sulfonamides is 1. The summed E-state index contributed by atoms with van der Waals surface area (Å²) in [5.74, 6) is -1.13. The fourth-order valence-electron chi connectivity index (χ4n) is 14.6. The zero-order valence-corrected chi connectivity index (χ0v) is 67.5. The molecule has 0 radical (unpaired) electrons. The van der Waals surface area contributed by atoms with Crippen molar-refractivity contribution in [3.05, 3.63) is 215 Å². The number of unbranched alkanes of at least 4 members (excludes halogenated alkanes) is 2. The largest absolute Gasteiger partial charge is 0.456 e. The van der Waals surface area contributed by atoms with E-state index in [2.05, 4.69) is 99.8 Å². The number of benzene rings is 8. The Hall–Kier alpha value is -10.9. The van der Waals surface area contributed by atoms with Crippen LogP contribution in [0.4, 0.5) is 11.4 Å². The van der Waals surface area contributed by atoms with Crippen LogP contribution in [0.3, 0.4) is 0 Å². The molecule has 5 amide bonds. The molecule has 594 valence electrons. The standard InChI is InChI=1S/C87H102N12O12S2/c1-10-94(11-2)65-37-43-73-78(53-65)111-79-54-66(95(12-3)13-4)38-44-74(79)84(73)71-26-19-20-27-72(71)87(106)97-50-48-96(49-51-97)83(103)46-45-81(101)88-47-21-15-18-32-82(102)90-75(52-61-33-35-63(36-34-61)85(104)62-24-16-14-17-25-62)86(105)89-55-64-57-99(92-91-64)60(7)77(100)58-98(56-59(5)6)113(109,110)68-41-39-67(40-42-68)112(107,108)80-31-23-28-69-70(80)29-22-30-76(69)93(8)9/h14,16-17,19-20,22-31,33-44,53-54,57,59-60,75,77,100H,10-13,15,18,21,32,45-52,55-56,58H2,1-9H3,(H2-,88,89,90,101,102,105)/p+1/t60-,75-,77?/m0/s1. The molecule has 0 bridgehead atoms. The number of ketones is 1. The van der Waals surface area contributed by atoms with Crippen LogP contribution in [0.5, 0.6) is 0 Å². The van der Waals surface area contributed by atoms with E-state index in [-0.39, 0.29) is 95.3 Å². The Morgan fingerprint density at radius 3 is 2.00 bits per heavy atom. The number of piperazine rings is 1. The van der Waals surface area contributed by atoms with E-state index >= 15 is 0 Å². The highest BCUT2D eigenvalue weighted by Crippen LogP contribution is 2.43. The number of aliphatic hydroxyl groups is 1. The Labute approximate surface area is 661 Å². The molecule has 11 rings (SSSR count). The van der Waals surface area contributed by atoms with Gasteiger partial charge in [0.2, 0.25) is 48.8 Å². The van der Waals surface area contributed by atoms with Crippen LogP contribution in [-0.2, 0) is 52.0 Å². The number of anilines is 2. The van der Waals surface area contributed by atoms with Gasteiger partial charge in [-0.3, -0.25) is 28.8 Å². The van der Waals surface area contributed by atoms with Crippen molar-refractivity contribution in [2.45, 2.75) is 133 Å². The number of aliphatic hydroxyl groups excluding tert-OH is 1. The summed E-state index contributed by atoms with van der Waals surface area (Å²) >= 11 is 0. The van der Waals surface area contributed by atoms with Crippen LogP contribution >= 0.6 is 0 Å². The molecule has 4 N–H and O–H groups in total. The third-order valence-corrected chi connectivity index (χ3v) is 24.6. The molecule has 1 aromatic heterocycles. The predicted molar refractivity (Wildman–Crippen MR) is 440 cm³/mol. The molecule has 24 nitrogen and oxygen atoms in total.